The van der Waals surface area contributed by atoms with Crippen LogP contribution in [0, 0.1) is 11.8 Å². The van der Waals surface area contributed by atoms with Crippen molar-refractivity contribution in [1.82, 2.24) is 4.90 Å². The van der Waals surface area contributed by atoms with Crippen LogP contribution in [0.15, 0.2) is 6.07 Å². The van der Waals surface area contributed by atoms with Crippen molar-refractivity contribution in [2.75, 3.05) is 13.1 Å². The van der Waals surface area contributed by atoms with Crippen LogP contribution in [0.2, 0.25) is 0 Å². The number of nitrogens with zero attached hydrogens (tertiary/aromatic N) is 1. The standard InChI is InChI=1S/C16H23NO2S/c1-10-3-4-14-12(7-10)8-15(20-14)16(19)17-6-5-11(2)13(18)9-17/h8,10-11,13,18H,3-7,9H2,1-2H3. The zero-order chi connectivity index (χ0) is 14.3. The van der Waals surface area contributed by atoms with Crippen molar-refractivity contribution in [3.05, 3.63) is 21.4 Å². The first-order chi connectivity index (χ1) is 9.54. The maximum atomic E-state index is 12.6. The molecule has 20 heavy (non-hydrogen) atoms. The van der Waals surface area contributed by atoms with Gasteiger partial charge in [0.05, 0.1) is 11.0 Å². The number of amides is 1. The molecule has 1 saturated heterocycles. The van der Waals surface area contributed by atoms with Crippen molar-refractivity contribution in [1.29, 1.82) is 0 Å². The van der Waals surface area contributed by atoms with Crippen LogP contribution in [0.5, 0.6) is 0 Å². The number of aryl methyl sites for hydroxylation is 1. The van der Waals surface area contributed by atoms with Crippen LogP contribution in [0.4, 0.5) is 0 Å². The Bertz CT molecular complexity index is 511. The van der Waals surface area contributed by atoms with E-state index in [4.69, 9.17) is 0 Å². The minimum Gasteiger partial charge on any atom is -0.391 e. The van der Waals surface area contributed by atoms with E-state index < -0.39 is 0 Å². The van der Waals surface area contributed by atoms with Gasteiger partial charge in [0.2, 0.25) is 0 Å². The number of hydrogen-bond acceptors (Lipinski definition) is 3. The maximum Gasteiger partial charge on any atom is 0.264 e. The Labute approximate surface area is 124 Å². The summed E-state index contributed by atoms with van der Waals surface area (Å²) in [7, 11) is 0. The molecule has 3 unspecified atom stereocenters. The van der Waals surface area contributed by atoms with Gasteiger partial charge in [-0.2, -0.15) is 0 Å². The largest absolute Gasteiger partial charge is 0.391 e. The van der Waals surface area contributed by atoms with Gasteiger partial charge < -0.3 is 10.0 Å². The lowest BCUT2D eigenvalue weighted by Gasteiger charge is -2.34. The smallest absolute Gasteiger partial charge is 0.264 e. The van der Waals surface area contributed by atoms with E-state index in [0.29, 0.717) is 12.5 Å². The second-order valence-corrected chi connectivity index (χ2v) is 7.63. The van der Waals surface area contributed by atoms with Gasteiger partial charge in [-0.3, -0.25) is 4.79 Å². The number of carbonyl (C=O) groups excluding carboxylic acids is 1. The molecule has 0 spiro atoms. The first kappa shape index (κ1) is 14.1. The Kier molecular flexibility index (Phi) is 3.87. The molecule has 3 atom stereocenters. The van der Waals surface area contributed by atoms with E-state index in [1.54, 1.807) is 11.3 Å². The van der Waals surface area contributed by atoms with Gasteiger partial charge in [-0.05, 0) is 49.1 Å². The van der Waals surface area contributed by atoms with E-state index in [2.05, 4.69) is 19.9 Å². The first-order valence-electron chi connectivity index (χ1n) is 7.63. The molecule has 1 fully saturated rings. The normalized spacial score (nSPS) is 30.1. The molecule has 0 bridgehead atoms. The number of aliphatic hydroxyl groups excluding tert-OH is 1. The molecule has 3 nitrogen and oxygen atoms in total. The summed E-state index contributed by atoms with van der Waals surface area (Å²) in [5.74, 6) is 1.15. The van der Waals surface area contributed by atoms with E-state index in [0.717, 1.165) is 36.6 Å². The Morgan fingerprint density at radius 1 is 1.40 bits per heavy atom. The third-order valence-electron chi connectivity index (χ3n) is 4.75. The van der Waals surface area contributed by atoms with Crippen molar-refractivity contribution >= 4 is 17.2 Å². The Morgan fingerprint density at radius 3 is 2.95 bits per heavy atom. The van der Waals surface area contributed by atoms with Crippen LogP contribution in [-0.2, 0) is 12.8 Å². The fourth-order valence-corrected chi connectivity index (χ4v) is 4.38. The Balaban J connectivity index is 1.75. The van der Waals surface area contributed by atoms with Crippen LogP contribution in [-0.4, -0.2) is 35.1 Å². The lowest BCUT2D eigenvalue weighted by Crippen LogP contribution is -2.45. The van der Waals surface area contributed by atoms with Gasteiger partial charge in [0.15, 0.2) is 0 Å². The average molecular weight is 293 g/mol. The van der Waals surface area contributed by atoms with Crippen molar-refractivity contribution in [3.8, 4) is 0 Å². The molecule has 0 aromatic carbocycles. The molecule has 1 N–H and O–H groups in total. The predicted octanol–water partition coefficient (Wildman–Crippen LogP) is 2.72. The molecule has 3 rings (SSSR count). The van der Waals surface area contributed by atoms with Crippen LogP contribution >= 0.6 is 11.3 Å². The van der Waals surface area contributed by atoms with E-state index in [1.807, 2.05) is 4.90 Å². The number of fused-ring (bicyclic) bond motifs is 1. The van der Waals surface area contributed by atoms with Crippen molar-refractivity contribution in [3.63, 3.8) is 0 Å². The number of piperidine rings is 1. The summed E-state index contributed by atoms with van der Waals surface area (Å²) in [5.41, 5.74) is 1.38. The van der Waals surface area contributed by atoms with Gasteiger partial charge in [0.1, 0.15) is 0 Å². The summed E-state index contributed by atoms with van der Waals surface area (Å²) in [6.45, 7) is 5.59. The highest BCUT2D eigenvalue weighted by Gasteiger charge is 2.29. The molecule has 1 aliphatic heterocycles. The first-order valence-corrected chi connectivity index (χ1v) is 8.45. The van der Waals surface area contributed by atoms with Gasteiger partial charge >= 0.3 is 0 Å². The molecule has 2 heterocycles. The molecule has 110 valence electrons. The van der Waals surface area contributed by atoms with Crippen LogP contribution in [0.1, 0.15) is 46.8 Å². The van der Waals surface area contributed by atoms with E-state index in [-0.39, 0.29) is 12.0 Å². The predicted molar refractivity (Wildman–Crippen MR) is 81.2 cm³/mol. The monoisotopic (exact) mass is 293 g/mol. The maximum absolute atomic E-state index is 12.6. The number of β-amino-alcohol motifs (C(OH)–C–C–N with tert-alkyl or cyclic N) is 1. The number of likely N-dealkylation sites (tertiary alicyclic amines) is 1. The average Bonchev–Trinajstić information content (AvgIpc) is 2.84. The number of hydrogen-bond donors (Lipinski definition) is 1. The quantitative estimate of drug-likeness (QED) is 0.865. The number of carbonyl (C=O) groups is 1. The lowest BCUT2D eigenvalue weighted by atomic mass is 9.90. The van der Waals surface area contributed by atoms with Gasteiger partial charge in [-0.25, -0.2) is 0 Å². The zero-order valence-corrected chi connectivity index (χ0v) is 13.1. The highest BCUT2D eigenvalue weighted by Crippen LogP contribution is 2.33. The third-order valence-corrected chi connectivity index (χ3v) is 5.97. The van der Waals surface area contributed by atoms with Gasteiger partial charge in [-0.1, -0.05) is 13.8 Å². The molecule has 4 heteroatoms. The summed E-state index contributed by atoms with van der Waals surface area (Å²) in [6, 6.07) is 2.10. The van der Waals surface area contributed by atoms with Crippen LogP contribution < -0.4 is 0 Å². The lowest BCUT2D eigenvalue weighted by molar-refractivity contribution is 0.0251. The van der Waals surface area contributed by atoms with E-state index in [9.17, 15) is 9.90 Å². The molecule has 1 aromatic rings. The molecule has 0 radical (unpaired) electrons. The van der Waals surface area contributed by atoms with Crippen molar-refractivity contribution in [2.24, 2.45) is 11.8 Å². The van der Waals surface area contributed by atoms with Crippen LogP contribution in [0.3, 0.4) is 0 Å². The highest BCUT2D eigenvalue weighted by atomic mass is 32.1. The molecule has 1 aliphatic carbocycles. The Morgan fingerprint density at radius 2 is 2.20 bits per heavy atom. The SMILES string of the molecule is CC1CCc2sc(C(=O)N3CCC(C)C(O)C3)cc2C1. The van der Waals surface area contributed by atoms with Crippen LogP contribution in [0.25, 0.3) is 0 Å². The molecule has 0 saturated carbocycles. The summed E-state index contributed by atoms with van der Waals surface area (Å²) in [4.78, 5) is 16.7. The minimum atomic E-state index is -0.373. The van der Waals surface area contributed by atoms with Gasteiger partial charge in [0.25, 0.3) is 5.91 Å². The summed E-state index contributed by atoms with van der Waals surface area (Å²) in [6.07, 6.45) is 3.99. The summed E-state index contributed by atoms with van der Waals surface area (Å²) in [5, 5.41) is 9.95. The number of rotatable bonds is 1. The van der Waals surface area contributed by atoms with Crippen molar-refractivity contribution < 1.29 is 9.90 Å². The summed E-state index contributed by atoms with van der Waals surface area (Å²) < 4.78 is 0. The van der Waals surface area contributed by atoms with E-state index >= 15 is 0 Å². The fraction of sp³-hybridized carbons (Fsp3) is 0.688. The van der Waals surface area contributed by atoms with E-state index in [1.165, 1.54) is 16.9 Å². The molecule has 1 aromatic heterocycles. The van der Waals surface area contributed by atoms with Gasteiger partial charge in [0, 0.05) is 18.0 Å². The fourth-order valence-electron chi connectivity index (χ4n) is 3.20. The molecular formula is C16H23NO2S. The third kappa shape index (κ3) is 2.63. The number of aliphatic hydroxyl groups is 1. The Hall–Kier alpha value is -0.870. The molecular weight excluding hydrogens is 270 g/mol. The summed E-state index contributed by atoms with van der Waals surface area (Å²) >= 11 is 1.67. The second kappa shape index (κ2) is 5.49. The molecule has 2 aliphatic rings. The van der Waals surface area contributed by atoms with Crippen molar-refractivity contribution in [2.45, 2.75) is 45.6 Å². The minimum absolute atomic E-state index is 0.114. The number of thiophene rings is 1. The van der Waals surface area contributed by atoms with Gasteiger partial charge in [-0.15, -0.1) is 11.3 Å². The topological polar surface area (TPSA) is 40.5 Å². The second-order valence-electron chi connectivity index (χ2n) is 6.49. The highest BCUT2D eigenvalue weighted by molar-refractivity contribution is 7.14. The zero-order valence-electron chi connectivity index (χ0n) is 12.3. The molecule has 1 amide bonds.